The zero-order chi connectivity index (χ0) is 14.5. The lowest BCUT2D eigenvalue weighted by Crippen LogP contribution is -2.23. The predicted octanol–water partition coefficient (Wildman–Crippen LogP) is 2.26. The molecule has 0 saturated heterocycles. The van der Waals surface area contributed by atoms with E-state index in [-0.39, 0.29) is 23.1 Å². The summed E-state index contributed by atoms with van der Waals surface area (Å²) in [7, 11) is 0. The number of hydrogen-bond donors (Lipinski definition) is 2. The van der Waals surface area contributed by atoms with Gasteiger partial charge in [-0.25, -0.2) is 4.98 Å². The summed E-state index contributed by atoms with van der Waals surface area (Å²) in [5.41, 5.74) is 6.07. The lowest BCUT2D eigenvalue weighted by atomic mass is 10.2. The number of nitrogens with one attached hydrogen (secondary N) is 1. The third-order valence-electron chi connectivity index (χ3n) is 2.38. The molecule has 0 saturated carbocycles. The highest BCUT2D eigenvalue weighted by atomic mass is 32.1. The van der Waals surface area contributed by atoms with Crippen molar-refractivity contribution in [3.05, 3.63) is 40.9 Å². The number of nitrogens with zero attached hydrogens (tertiary/aromatic N) is 1. The van der Waals surface area contributed by atoms with E-state index < -0.39 is 12.5 Å². The molecule has 0 fully saturated rings. The van der Waals surface area contributed by atoms with Crippen LogP contribution in [-0.2, 0) is 6.54 Å². The van der Waals surface area contributed by atoms with Crippen molar-refractivity contribution in [2.45, 2.75) is 13.2 Å². The summed E-state index contributed by atoms with van der Waals surface area (Å²) in [4.78, 5) is 15.6. The molecule has 0 aliphatic rings. The third-order valence-corrected chi connectivity index (χ3v) is 3.06. The number of rotatable bonds is 5. The molecule has 20 heavy (non-hydrogen) atoms. The molecular weight excluding hydrogens is 288 g/mol. The van der Waals surface area contributed by atoms with Crippen molar-refractivity contribution in [3.63, 3.8) is 0 Å². The fraction of sp³-hybridized carbons (Fsp3) is 0.167. The van der Waals surface area contributed by atoms with Gasteiger partial charge in [-0.3, -0.25) is 4.79 Å². The SMILES string of the molecule is Nc1nc(C(=O)NCc2ccccc2OC(F)F)cs1. The molecule has 0 radical (unpaired) electrons. The maximum atomic E-state index is 12.2. The average molecular weight is 299 g/mol. The van der Waals surface area contributed by atoms with Gasteiger partial charge >= 0.3 is 6.61 Å². The molecule has 0 aliphatic heterocycles. The monoisotopic (exact) mass is 299 g/mol. The Hall–Kier alpha value is -2.22. The molecule has 0 spiro atoms. The summed E-state index contributed by atoms with van der Waals surface area (Å²) >= 11 is 1.15. The highest BCUT2D eigenvalue weighted by molar-refractivity contribution is 7.13. The Balaban J connectivity index is 2.02. The van der Waals surface area contributed by atoms with Crippen molar-refractivity contribution in [3.8, 4) is 5.75 Å². The second kappa shape index (κ2) is 6.29. The van der Waals surface area contributed by atoms with Gasteiger partial charge in [0.1, 0.15) is 11.4 Å². The Morgan fingerprint density at radius 2 is 2.20 bits per heavy atom. The lowest BCUT2D eigenvalue weighted by Gasteiger charge is -2.10. The van der Waals surface area contributed by atoms with E-state index in [0.29, 0.717) is 5.56 Å². The minimum Gasteiger partial charge on any atom is -0.434 e. The van der Waals surface area contributed by atoms with Gasteiger partial charge in [-0.05, 0) is 6.07 Å². The van der Waals surface area contributed by atoms with Crippen molar-refractivity contribution >= 4 is 22.4 Å². The Morgan fingerprint density at radius 3 is 2.85 bits per heavy atom. The number of carbonyl (C=O) groups excluding carboxylic acids is 1. The van der Waals surface area contributed by atoms with Gasteiger partial charge in [0.25, 0.3) is 5.91 Å². The van der Waals surface area contributed by atoms with E-state index in [0.717, 1.165) is 11.3 Å². The molecule has 2 aromatic rings. The van der Waals surface area contributed by atoms with E-state index in [1.54, 1.807) is 18.2 Å². The van der Waals surface area contributed by atoms with E-state index in [1.807, 2.05) is 0 Å². The van der Waals surface area contributed by atoms with E-state index >= 15 is 0 Å². The Labute approximate surface area is 117 Å². The largest absolute Gasteiger partial charge is 0.434 e. The first-order valence-corrected chi connectivity index (χ1v) is 6.46. The number of nitrogen functional groups attached to an aromatic ring is 1. The molecule has 0 atom stereocenters. The number of hydrogen-bond acceptors (Lipinski definition) is 5. The molecule has 1 heterocycles. The Kier molecular flexibility index (Phi) is 4.46. The second-order valence-corrected chi connectivity index (χ2v) is 4.63. The highest BCUT2D eigenvalue weighted by Crippen LogP contribution is 2.20. The molecule has 8 heteroatoms. The molecule has 106 valence electrons. The molecule has 0 unspecified atom stereocenters. The van der Waals surface area contributed by atoms with Crippen molar-refractivity contribution in [2.75, 3.05) is 5.73 Å². The van der Waals surface area contributed by atoms with Crippen LogP contribution in [-0.4, -0.2) is 17.5 Å². The maximum Gasteiger partial charge on any atom is 0.387 e. The topological polar surface area (TPSA) is 77.2 Å². The van der Waals surface area contributed by atoms with Crippen LogP contribution in [0.4, 0.5) is 13.9 Å². The maximum absolute atomic E-state index is 12.2. The normalized spacial score (nSPS) is 10.6. The highest BCUT2D eigenvalue weighted by Gasteiger charge is 2.12. The summed E-state index contributed by atoms with van der Waals surface area (Å²) in [6.45, 7) is -2.86. The van der Waals surface area contributed by atoms with Gasteiger partial charge in [0, 0.05) is 17.5 Å². The average Bonchev–Trinajstić information content (AvgIpc) is 2.83. The van der Waals surface area contributed by atoms with Crippen molar-refractivity contribution < 1.29 is 18.3 Å². The lowest BCUT2D eigenvalue weighted by molar-refractivity contribution is -0.0504. The number of ether oxygens (including phenoxy) is 1. The Bertz CT molecular complexity index is 604. The van der Waals surface area contributed by atoms with E-state index in [2.05, 4.69) is 15.0 Å². The van der Waals surface area contributed by atoms with E-state index in [4.69, 9.17) is 5.73 Å². The first kappa shape index (κ1) is 14.2. The van der Waals surface area contributed by atoms with Gasteiger partial charge in [0.15, 0.2) is 5.13 Å². The first-order chi connectivity index (χ1) is 9.56. The molecule has 1 aromatic carbocycles. The van der Waals surface area contributed by atoms with Crippen LogP contribution in [0.5, 0.6) is 5.75 Å². The predicted molar refractivity (Wildman–Crippen MR) is 70.8 cm³/mol. The van der Waals surface area contributed by atoms with Gasteiger partial charge in [0.2, 0.25) is 0 Å². The van der Waals surface area contributed by atoms with Crippen molar-refractivity contribution in [2.24, 2.45) is 0 Å². The van der Waals surface area contributed by atoms with E-state index in [1.165, 1.54) is 11.4 Å². The molecule has 2 rings (SSSR count). The summed E-state index contributed by atoms with van der Waals surface area (Å²) in [6.07, 6.45) is 0. The summed E-state index contributed by atoms with van der Waals surface area (Å²) in [5, 5.41) is 4.38. The number of para-hydroxylation sites is 1. The smallest absolute Gasteiger partial charge is 0.387 e. The minimum atomic E-state index is -2.91. The van der Waals surface area contributed by atoms with Crippen LogP contribution >= 0.6 is 11.3 Å². The van der Waals surface area contributed by atoms with Gasteiger partial charge in [-0.1, -0.05) is 18.2 Å². The van der Waals surface area contributed by atoms with Crippen LogP contribution in [0.1, 0.15) is 16.1 Å². The number of amides is 1. The molecule has 5 nitrogen and oxygen atoms in total. The van der Waals surface area contributed by atoms with Gasteiger partial charge in [-0.15, -0.1) is 11.3 Å². The third kappa shape index (κ3) is 3.64. The van der Waals surface area contributed by atoms with Crippen molar-refractivity contribution in [1.29, 1.82) is 0 Å². The summed E-state index contributed by atoms with van der Waals surface area (Å²) in [6, 6.07) is 6.24. The number of anilines is 1. The van der Waals surface area contributed by atoms with Crippen LogP contribution in [0.25, 0.3) is 0 Å². The van der Waals surface area contributed by atoms with Crippen LogP contribution < -0.4 is 15.8 Å². The number of thiazole rings is 1. The number of benzene rings is 1. The zero-order valence-electron chi connectivity index (χ0n) is 10.2. The fourth-order valence-electron chi connectivity index (χ4n) is 1.52. The molecule has 1 amide bonds. The number of carbonyl (C=O) groups is 1. The van der Waals surface area contributed by atoms with Gasteiger partial charge in [0.05, 0.1) is 0 Å². The summed E-state index contributed by atoms with van der Waals surface area (Å²) in [5.74, 6) is -0.398. The standard InChI is InChI=1S/C12H11F2N3O2S/c13-11(14)19-9-4-2-1-3-7(9)5-16-10(18)8-6-20-12(15)17-8/h1-4,6,11H,5H2,(H2,15,17)(H,16,18). The fourth-order valence-corrected chi connectivity index (χ4v) is 2.06. The number of halogens is 2. The van der Waals surface area contributed by atoms with Crippen LogP contribution in [0.3, 0.4) is 0 Å². The number of aromatic nitrogens is 1. The van der Waals surface area contributed by atoms with Crippen LogP contribution in [0, 0.1) is 0 Å². The van der Waals surface area contributed by atoms with E-state index in [9.17, 15) is 13.6 Å². The summed E-state index contributed by atoms with van der Waals surface area (Å²) < 4.78 is 28.8. The number of nitrogens with two attached hydrogens (primary N) is 1. The Morgan fingerprint density at radius 1 is 1.45 bits per heavy atom. The first-order valence-electron chi connectivity index (χ1n) is 5.58. The number of alkyl halides is 2. The molecule has 1 aromatic heterocycles. The molecule has 3 N–H and O–H groups in total. The van der Waals surface area contributed by atoms with Crippen molar-refractivity contribution in [1.82, 2.24) is 10.3 Å². The van der Waals surface area contributed by atoms with Crippen LogP contribution in [0.2, 0.25) is 0 Å². The van der Waals surface area contributed by atoms with Gasteiger partial charge < -0.3 is 15.8 Å². The second-order valence-electron chi connectivity index (χ2n) is 3.74. The zero-order valence-corrected chi connectivity index (χ0v) is 11.0. The van der Waals surface area contributed by atoms with Crippen LogP contribution in [0.15, 0.2) is 29.6 Å². The quantitative estimate of drug-likeness (QED) is 0.887. The molecular formula is C12H11F2N3O2S. The van der Waals surface area contributed by atoms with Gasteiger partial charge in [-0.2, -0.15) is 8.78 Å². The molecule has 0 bridgehead atoms. The minimum absolute atomic E-state index is 0.0283. The molecule has 0 aliphatic carbocycles.